The molecule has 0 radical (unpaired) electrons. The predicted molar refractivity (Wildman–Crippen MR) is 85.5 cm³/mol. The topological polar surface area (TPSA) is 60.4 Å². The maximum atomic E-state index is 13.7. The van der Waals surface area contributed by atoms with Crippen molar-refractivity contribution in [2.45, 2.75) is 12.8 Å². The van der Waals surface area contributed by atoms with Gasteiger partial charge in [-0.3, -0.25) is 9.69 Å². The highest BCUT2D eigenvalue weighted by atomic mass is 35.5. The Bertz CT molecular complexity index is 658. The number of thiocarbonyl (C=S) groups is 1. The van der Waals surface area contributed by atoms with E-state index >= 15 is 0 Å². The number of hydrogen-bond acceptors (Lipinski definition) is 5. The normalized spacial score (nSPS) is 16.6. The molecule has 0 aromatic heterocycles. The summed E-state index contributed by atoms with van der Waals surface area (Å²) in [6, 6.07) is 4.25. The summed E-state index contributed by atoms with van der Waals surface area (Å²) in [5.41, 5.74) is 0.124. The molecule has 116 valence electrons. The number of halogens is 2. The zero-order valence-corrected chi connectivity index (χ0v) is 13.6. The molecule has 0 spiro atoms. The van der Waals surface area contributed by atoms with Gasteiger partial charge in [0.15, 0.2) is 0 Å². The number of thioether (sulfide) groups is 1. The number of carbonyl (C=O) groups excluding carboxylic acids is 2. The smallest absolute Gasteiger partial charge is 0.266 e. The SMILES string of the molecule is O=C([O-])CCCN1C(=O)/C(=C/c2c(F)cccc2Cl)SC1=S. The first-order valence-corrected chi connectivity index (χ1v) is 7.89. The van der Waals surface area contributed by atoms with Crippen molar-refractivity contribution in [1.82, 2.24) is 4.90 Å². The van der Waals surface area contributed by atoms with Crippen molar-refractivity contribution in [2.24, 2.45) is 0 Å². The van der Waals surface area contributed by atoms with Crippen LogP contribution in [0.15, 0.2) is 23.1 Å². The van der Waals surface area contributed by atoms with Gasteiger partial charge in [-0.2, -0.15) is 0 Å². The molecule has 1 aliphatic rings. The van der Waals surface area contributed by atoms with Gasteiger partial charge < -0.3 is 9.90 Å². The molecule has 1 amide bonds. The number of hydrogen-bond donors (Lipinski definition) is 0. The van der Waals surface area contributed by atoms with Crippen LogP contribution in [0.1, 0.15) is 18.4 Å². The molecule has 1 fully saturated rings. The van der Waals surface area contributed by atoms with E-state index in [1.807, 2.05) is 0 Å². The molecule has 22 heavy (non-hydrogen) atoms. The summed E-state index contributed by atoms with van der Waals surface area (Å²) in [6.45, 7) is 0.182. The van der Waals surface area contributed by atoms with Crippen molar-refractivity contribution in [3.8, 4) is 0 Å². The van der Waals surface area contributed by atoms with Gasteiger partial charge in [0, 0.05) is 18.1 Å². The van der Waals surface area contributed by atoms with Crippen LogP contribution < -0.4 is 5.11 Å². The second-order valence-electron chi connectivity index (χ2n) is 4.44. The number of rotatable bonds is 5. The number of carbonyl (C=O) groups is 2. The van der Waals surface area contributed by atoms with E-state index in [0.717, 1.165) is 11.8 Å². The minimum absolute atomic E-state index is 0.124. The average molecular weight is 359 g/mol. The summed E-state index contributed by atoms with van der Waals surface area (Å²) in [5.74, 6) is -2.10. The van der Waals surface area contributed by atoms with E-state index in [-0.39, 0.29) is 40.8 Å². The van der Waals surface area contributed by atoms with E-state index < -0.39 is 11.8 Å². The van der Waals surface area contributed by atoms with Crippen molar-refractivity contribution in [3.63, 3.8) is 0 Å². The summed E-state index contributed by atoms with van der Waals surface area (Å²) in [5, 5.41) is 10.6. The van der Waals surface area contributed by atoms with Gasteiger partial charge in [0.2, 0.25) is 0 Å². The molecule has 1 aromatic carbocycles. The third kappa shape index (κ3) is 3.85. The Morgan fingerprint density at radius 3 is 2.86 bits per heavy atom. The second kappa shape index (κ2) is 7.21. The van der Waals surface area contributed by atoms with Crippen LogP contribution in [0.3, 0.4) is 0 Å². The lowest BCUT2D eigenvalue weighted by Crippen LogP contribution is -2.30. The van der Waals surface area contributed by atoms with Crippen LogP contribution in [0.2, 0.25) is 5.02 Å². The summed E-state index contributed by atoms with van der Waals surface area (Å²) in [7, 11) is 0. The number of amides is 1. The quantitative estimate of drug-likeness (QED) is 0.596. The molecular formula is C14H10ClFNO3S2-. The van der Waals surface area contributed by atoms with Crippen molar-refractivity contribution in [1.29, 1.82) is 0 Å². The molecule has 4 nitrogen and oxygen atoms in total. The van der Waals surface area contributed by atoms with Crippen LogP contribution in [0.25, 0.3) is 6.08 Å². The van der Waals surface area contributed by atoms with Gasteiger partial charge in [-0.25, -0.2) is 4.39 Å². The fourth-order valence-corrected chi connectivity index (χ4v) is 3.36. The van der Waals surface area contributed by atoms with E-state index in [9.17, 15) is 19.1 Å². The van der Waals surface area contributed by atoms with E-state index in [1.165, 1.54) is 29.2 Å². The van der Waals surface area contributed by atoms with Crippen LogP contribution in [0.5, 0.6) is 0 Å². The Kier molecular flexibility index (Phi) is 5.55. The highest BCUT2D eigenvalue weighted by Gasteiger charge is 2.31. The van der Waals surface area contributed by atoms with E-state index in [4.69, 9.17) is 23.8 Å². The van der Waals surface area contributed by atoms with Crippen molar-refractivity contribution < 1.29 is 19.1 Å². The largest absolute Gasteiger partial charge is 0.550 e. The Morgan fingerprint density at radius 2 is 2.23 bits per heavy atom. The molecule has 1 aliphatic heterocycles. The first-order chi connectivity index (χ1) is 10.4. The fourth-order valence-electron chi connectivity index (χ4n) is 1.85. The number of aliphatic carboxylic acids is 1. The summed E-state index contributed by atoms with van der Waals surface area (Å²) < 4.78 is 14.1. The Hall–Kier alpha value is -1.44. The second-order valence-corrected chi connectivity index (χ2v) is 6.53. The Labute approximate surface area is 140 Å². The first-order valence-electron chi connectivity index (χ1n) is 6.29. The number of carboxylic acid groups (broad SMARTS) is 1. The molecule has 1 heterocycles. The maximum Gasteiger partial charge on any atom is 0.266 e. The summed E-state index contributed by atoms with van der Waals surface area (Å²) in [6.07, 6.45) is 1.44. The average Bonchev–Trinajstić information content (AvgIpc) is 2.70. The molecule has 0 unspecified atom stereocenters. The zero-order valence-electron chi connectivity index (χ0n) is 11.2. The minimum Gasteiger partial charge on any atom is -0.550 e. The van der Waals surface area contributed by atoms with Crippen molar-refractivity contribution in [2.75, 3.05) is 6.54 Å². The molecule has 0 N–H and O–H groups in total. The van der Waals surface area contributed by atoms with Gasteiger partial charge in [-0.15, -0.1) is 0 Å². The minimum atomic E-state index is -1.18. The van der Waals surface area contributed by atoms with Gasteiger partial charge >= 0.3 is 0 Å². The van der Waals surface area contributed by atoms with Gasteiger partial charge in [-0.05, 0) is 31.1 Å². The molecule has 8 heteroatoms. The molecular weight excluding hydrogens is 349 g/mol. The van der Waals surface area contributed by atoms with Crippen molar-refractivity contribution in [3.05, 3.63) is 39.5 Å². The van der Waals surface area contributed by atoms with Crippen molar-refractivity contribution >= 4 is 57.9 Å². The van der Waals surface area contributed by atoms with E-state index in [2.05, 4.69) is 0 Å². The number of carboxylic acids is 1. The standard InChI is InChI=1S/C14H11ClFNO3S2/c15-9-3-1-4-10(16)8(9)7-11-13(20)17(14(21)22-11)6-2-5-12(18)19/h1,3-4,7H,2,5-6H2,(H,18,19)/p-1/b11-7-. The predicted octanol–water partition coefficient (Wildman–Crippen LogP) is 2.21. The number of benzene rings is 1. The van der Waals surface area contributed by atoms with E-state index in [1.54, 1.807) is 0 Å². The van der Waals surface area contributed by atoms with Crippen LogP contribution in [0, 0.1) is 5.82 Å². The molecule has 1 aromatic rings. The van der Waals surface area contributed by atoms with Crippen LogP contribution in [-0.2, 0) is 9.59 Å². The zero-order chi connectivity index (χ0) is 16.3. The lowest BCUT2D eigenvalue weighted by atomic mass is 10.2. The van der Waals surface area contributed by atoms with Gasteiger partial charge in [0.05, 0.1) is 9.93 Å². The number of nitrogens with zero attached hydrogens (tertiary/aromatic N) is 1. The van der Waals surface area contributed by atoms with E-state index in [0.29, 0.717) is 4.32 Å². The molecule has 0 saturated carbocycles. The summed E-state index contributed by atoms with van der Waals surface area (Å²) >= 11 is 12.0. The molecule has 0 aliphatic carbocycles. The van der Waals surface area contributed by atoms with Gasteiger partial charge in [0.25, 0.3) is 5.91 Å². The summed E-state index contributed by atoms with van der Waals surface area (Å²) in [4.78, 5) is 24.2. The van der Waals surface area contributed by atoms with Crippen LogP contribution in [0.4, 0.5) is 4.39 Å². The van der Waals surface area contributed by atoms with Crippen LogP contribution >= 0.6 is 35.6 Å². The fraction of sp³-hybridized carbons (Fsp3) is 0.214. The third-order valence-electron chi connectivity index (χ3n) is 2.91. The molecule has 1 saturated heterocycles. The third-order valence-corrected chi connectivity index (χ3v) is 4.62. The highest BCUT2D eigenvalue weighted by Crippen LogP contribution is 2.34. The Balaban J connectivity index is 2.17. The molecule has 2 rings (SSSR count). The Morgan fingerprint density at radius 1 is 1.50 bits per heavy atom. The van der Waals surface area contributed by atoms with Crippen LogP contribution in [-0.4, -0.2) is 27.6 Å². The molecule has 0 bridgehead atoms. The lowest BCUT2D eigenvalue weighted by Gasteiger charge is -2.14. The first kappa shape index (κ1) is 16.9. The monoisotopic (exact) mass is 358 g/mol. The highest BCUT2D eigenvalue weighted by molar-refractivity contribution is 8.26. The molecule has 0 atom stereocenters. The lowest BCUT2D eigenvalue weighted by molar-refractivity contribution is -0.305. The maximum absolute atomic E-state index is 13.7. The van der Waals surface area contributed by atoms with Gasteiger partial charge in [-0.1, -0.05) is 41.6 Å². The van der Waals surface area contributed by atoms with Gasteiger partial charge in [0.1, 0.15) is 10.1 Å².